The third-order valence-corrected chi connectivity index (χ3v) is 30.0. The van der Waals surface area contributed by atoms with Crippen LogP contribution in [0.4, 0.5) is 34.3 Å². The molecule has 0 radical (unpaired) electrons. The molecule has 0 N–H and O–H groups in total. The van der Waals surface area contributed by atoms with Crippen molar-refractivity contribution in [2.75, 3.05) is 77.9 Å². The van der Waals surface area contributed by atoms with Crippen molar-refractivity contribution in [1.29, 1.82) is 0 Å². The number of aromatic nitrogens is 4. The van der Waals surface area contributed by atoms with Gasteiger partial charge in [-0.15, -0.1) is 5.10 Å². The van der Waals surface area contributed by atoms with Crippen LogP contribution in [0, 0.1) is 48.5 Å². The Kier molecular flexibility index (Phi) is 25.6. The van der Waals surface area contributed by atoms with E-state index in [0.29, 0.717) is 56.8 Å². The molecule has 16 aromatic rings. The lowest BCUT2D eigenvalue weighted by molar-refractivity contribution is -0.115. The lowest BCUT2D eigenvalue weighted by Gasteiger charge is -2.38. The number of aryl methyl sites for hydroxylation is 7. The Hall–Kier alpha value is -15.9. The number of rotatable bonds is 21. The number of benzene rings is 13. The molecule has 3 aromatic heterocycles. The summed E-state index contributed by atoms with van der Waals surface area (Å²) in [6, 6.07) is 90.5. The quantitative estimate of drug-likeness (QED) is 0.0486. The van der Waals surface area contributed by atoms with Crippen molar-refractivity contribution >= 4 is 85.8 Å². The average molecular weight is 1930 g/mol. The lowest BCUT2D eigenvalue weighted by atomic mass is 9.75. The van der Waals surface area contributed by atoms with Gasteiger partial charge in [-0.25, -0.2) is 19.2 Å². The zero-order chi connectivity index (χ0) is 102. The average Bonchev–Trinajstić information content (AvgIpc) is 1.49. The van der Waals surface area contributed by atoms with E-state index in [-0.39, 0.29) is 29.8 Å². The number of fused-ring (bicyclic) bond motifs is 21. The van der Waals surface area contributed by atoms with Crippen LogP contribution in [0.15, 0.2) is 273 Å². The van der Waals surface area contributed by atoms with E-state index >= 15 is 0 Å². The van der Waals surface area contributed by atoms with Crippen LogP contribution < -0.4 is 38.7 Å². The summed E-state index contributed by atoms with van der Waals surface area (Å²) in [6.45, 7) is 40.5. The van der Waals surface area contributed by atoms with E-state index in [1.807, 2.05) is 210 Å². The number of unbranched alkanes of at least 4 members (excludes halogenated alkanes) is 2. The summed E-state index contributed by atoms with van der Waals surface area (Å²) >= 11 is 0. The van der Waals surface area contributed by atoms with Crippen molar-refractivity contribution in [3.8, 4) is 40.3 Å². The highest BCUT2D eigenvalue weighted by Gasteiger charge is 2.60. The number of anilines is 6. The molecule has 0 fully saturated rings. The van der Waals surface area contributed by atoms with Gasteiger partial charge in [-0.2, -0.15) is 4.68 Å². The molecule has 1 amide bonds. The molecule has 736 valence electrons. The summed E-state index contributed by atoms with van der Waals surface area (Å²) < 4.78 is 52.2. The SMILES string of the molecule is CCCCn1c(C)c(C2(c3c(C)n(CCCC)c4ccccc34)OC(=O)c3ccccc32)c2ccccc21.CCN(CC)c1ccc2c(c1)Oc1c(c(N(C)C)nn1-c1ccccc1)C21OC(=O)c2ccccc21.CCN(CC)c1ccc2c(c1)Oc1cc(C)c(N(C(C)=O)c3ccc(C)cc3C)cc1C21OC(=O)c2ccccc21.CCN(CC)c1ccc2c(c1)Oc1cc(C)cc(C)c1C21OC(=O)c2ccccc21. The van der Waals surface area contributed by atoms with E-state index in [2.05, 4.69) is 204 Å². The molecule has 145 heavy (non-hydrogen) atoms. The summed E-state index contributed by atoms with van der Waals surface area (Å²) in [6.07, 6.45) is 4.43. The Labute approximate surface area is 848 Å². The number of ether oxygens (including phenoxy) is 7. The minimum absolute atomic E-state index is 0.112. The summed E-state index contributed by atoms with van der Waals surface area (Å²) in [7, 11) is 3.88. The van der Waals surface area contributed by atoms with Crippen molar-refractivity contribution in [3.63, 3.8) is 0 Å². The van der Waals surface area contributed by atoms with Gasteiger partial charge in [-0.05, 0) is 234 Å². The van der Waals surface area contributed by atoms with Gasteiger partial charge in [0.2, 0.25) is 17.4 Å². The number of nitrogens with zero attached hydrogens (tertiary/aromatic N) is 9. The maximum Gasteiger partial charge on any atom is 0.340 e. The molecule has 7 aliphatic rings. The number of cyclic esters (lactones) is 1. The summed E-state index contributed by atoms with van der Waals surface area (Å²) in [5, 5.41) is 7.26. The standard InChI is InChI=1S/C35H34N2O4.C34H36N2O2.C29H28N4O3.C26H25NO3/c1-7-36(8-2)25-14-15-28-33(19-25)40-32-18-23(5)31(37(24(6)38)30-16-13-21(3)17-22(30)4)20-29(32)35(28)27-12-10-9-11-26(27)34(39)41-35;1-5-7-21-35-23(3)31(26-16-10-13-19-29(26)35)34(28-18-12-9-15-25(28)33(37)38-34)32-24(4)36(22-8-6-2)30-20-14-11-17-27(30)32;1-5-32(6-2)20-16-17-23-24(18-20)35-27-25(29(23)22-15-11-10-14-21(22)28(34)36-29)26(31(3)4)30-33(27)19-12-8-7-9-13-19;1-5-27(6-2)18-11-12-21-22(15-18)29-23-14-16(3)13-17(4)24(23)26(21)20-10-8-7-9-19(20)25(28)30-26/h9-20H,7-8H2,1-6H3;9-20H,5-8,21-22H2,1-4H3;7-18H,5-6H2,1-4H3;7-15H,5-6H2,1-4H3. The van der Waals surface area contributed by atoms with E-state index in [1.165, 1.54) is 11.0 Å². The van der Waals surface area contributed by atoms with Crippen LogP contribution in [-0.2, 0) is 59.2 Å². The van der Waals surface area contributed by atoms with E-state index < -0.39 is 22.4 Å². The van der Waals surface area contributed by atoms with Gasteiger partial charge in [0.05, 0.1) is 44.9 Å². The third-order valence-electron chi connectivity index (χ3n) is 30.0. The highest BCUT2D eigenvalue weighted by Crippen LogP contribution is 2.64. The summed E-state index contributed by atoms with van der Waals surface area (Å²) in [4.78, 5) is 76.9. The summed E-state index contributed by atoms with van der Waals surface area (Å²) in [5.41, 5.74) is 23.7. The molecule has 3 spiro atoms. The Morgan fingerprint density at radius 3 is 1.18 bits per heavy atom. The highest BCUT2D eigenvalue weighted by molar-refractivity contribution is 6.05. The minimum Gasteiger partial charge on any atom is -0.456 e. The van der Waals surface area contributed by atoms with Gasteiger partial charge in [-0.1, -0.05) is 178 Å². The molecule has 0 saturated heterocycles. The van der Waals surface area contributed by atoms with Crippen molar-refractivity contribution in [2.45, 2.75) is 172 Å². The Bertz CT molecular complexity index is 7770. The van der Waals surface area contributed by atoms with Gasteiger partial charge in [0, 0.05) is 197 Å². The third kappa shape index (κ3) is 15.5. The fourth-order valence-electron chi connectivity index (χ4n) is 23.4. The molecule has 3 atom stereocenters. The van der Waals surface area contributed by atoms with Gasteiger partial charge in [0.25, 0.3) is 0 Å². The van der Waals surface area contributed by atoms with Crippen molar-refractivity contribution in [3.05, 3.63) is 401 Å². The predicted octanol–water partition coefficient (Wildman–Crippen LogP) is 27.1. The van der Waals surface area contributed by atoms with Gasteiger partial charge in [0.1, 0.15) is 34.3 Å². The van der Waals surface area contributed by atoms with Crippen LogP contribution >= 0.6 is 0 Å². The number of para-hydroxylation sites is 3. The first-order valence-corrected chi connectivity index (χ1v) is 50.9. The van der Waals surface area contributed by atoms with E-state index in [0.717, 1.165) is 235 Å². The largest absolute Gasteiger partial charge is 0.456 e. The van der Waals surface area contributed by atoms with E-state index in [9.17, 15) is 24.0 Å². The minimum atomic E-state index is -1.22. The Morgan fingerprint density at radius 2 is 0.724 bits per heavy atom. The van der Waals surface area contributed by atoms with E-state index in [4.69, 9.17) is 38.3 Å². The van der Waals surface area contributed by atoms with E-state index in [1.54, 1.807) is 22.6 Å². The lowest BCUT2D eigenvalue weighted by Crippen LogP contribution is -2.34. The van der Waals surface area contributed by atoms with Crippen LogP contribution in [0.5, 0.6) is 34.6 Å². The molecular formula is C124H123N9O12. The van der Waals surface area contributed by atoms with Gasteiger partial charge >= 0.3 is 23.9 Å². The topological polar surface area (TPSA) is 194 Å². The highest BCUT2D eigenvalue weighted by atomic mass is 16.6. The molecule has 23 rings (SSSR count). The van der Waals surface area contributed by atoms with Crippen LogP contribution in [-0.4, -0.2) is 102 Å². The molecule has 0 saturated carbocycles. The first-order valence-electron chi connectivity index (χ1n) is 50.9. The molecule has 21 heteroatoms. The second kappa shape index (κ2) is 38.4. The normalized spacial score (nSPS) is 16.5. The molecule has 13 aromatic carbocycles. The number of hydrogen-bond acceptors (Lipinski definition) is 17. The maximum atomic E-state index is 13.6. The molecule has 7 aliphatic heterocycles. The maximum absolute atomic E-state index is 13.6. The fraction of sp³-hybridized carbons (Fsp3) is 0.274. The zero-order valence-electron chi connectivity index (χ0n) is 85.9. The van der Waals surface area contributed by atoms with Crippen molar-refractivity contribution in [2.24, 2.45) is 0 Å². The predicted molar refractivity (Wildman–Crippen MR) is 574 cm³/mol. The molecule has 10 heterocycles. The van der Waals surface area contributed by atoms with Gasteiger partial charge in [-0.3, -0.25) is 9.69 Å². The molecular weight excluding hydrogens is 1810 g/mol. The smallest absolute Gasteiger partial charge is 0.340 e. The van der Waals surface area contributed by atoms with Crippen molar-refractivity contribution < 1.29 is 57.1 Å². The molecule has 3 unspecified atom stereocenters. The first kappa shape index (κ1) is 96.6. The van der Waals surface area contributed by atoms with Crippen LogP contribution in [0.1, 0.15) is 235 Å². The first-order chi connectivity index (χ1) is 70.2. The molecule has 21 nitrogen and oxygen atoms in total. The van der Waals surface area contributed by atoms with Crippen LogP contribution in [0.2, 0.25) is 0 Å². The Morgan fingerprint density at radius 1 is 0.338 bits per heavy atom. The van der Waals surface area contributed by atoms with Gasteiger partial charge in [0.15, 0.2) is 22.6 Å². The second-order valence-corrected chi connectivity index (χ2v) is 38.7. The number of hydrogen-bond donors (Lipinski definition) is 0. The number of amides is 1. The van der Waals surface area contributed by atoms with Crippen molar-refractivity contribution in [1.82, 2.24) is 18.9 Å². The molecule has 0 bridgehead atoms. The van der Waals surface area contributed by atoms with Crippen LogP contribution in [0.3, 0.4) is 0 Å². The molecule has 0 aliphatic carbocycles. The number of esters is 4. The Balaban J connectivity index is 0.000000118. The van der Waals surface area contributed by atoms with Gasteiger partial charge < -0.3 is 61.9 Å². The monoisotopic (exact) mass is 1930 g/mol. The number of carbonyl (C=O) groups is 5. The van der Waals surface area contributed by atoms with Crippen LogP contribution in [0.25, 0.3) is 27.5 Å². The zero-order valence-corrected chi connectivity index (χ0v) is 85.9. The second-order valence-electron chi connectivity index (χ2n) is 38.7. The fourth-order valence-corrected chi connectivity index (χ4v) is 23.4. The number of carbonyl (C=O) groups excluding carboxylic acids is 5. The summed E-state index contributed by atoms with van der Waals surface area (Å²) in [5.74, 6) is 3.21.